The van der Waals surface area contributed by atoms with Gasteiger partial charge in [0.2, 0.25) is 5.91 Å². The molecule has 1 amide bonds. The minimum Gasteiger partial charge on any atom is -0.466 e. The molecule has 0 aromatic carbocycles. The highest BCUT2D eigenvalue weighted by Gasteiger charge is 2.18. The van der Waals surface area contributed by atoms with E-state index in [4.69, 9.17) is 4.74 Å². The minimum atomic E-state index is -0.856. The lowest BCUT2D eigenvalue weighted by atomic mass is 10.0. The predicted octanol–water partition coefficient (Wildman–Crippen LogP) is 17.0. The first-order chi connectivity index (χ1) is 31.5. The van der Waals surface area contributed by atoms with Crippen molar-refractivity contribution in [2.24, 2.45) is 0 Å². The number of nitrogens with one attached hydrogen (secondary N) is 1. The van der Waals surface area contributed by atoms with Crippen molar-refractivity contribution in [3.8, 4) is 0 Å². The third-order valence-electron chi connectivity index (χ3n) is 12.6. The van der Waals surface area contributed by atoms with E-state index in [0.29, 0.717) is 19.4 Å². The topological polar surface area (TPSA) is 95.9 Å². The molecular weight excluding hydrogens is 791 g/mol. The number of carbonyl (C=O) groups excluding carboxylic acids is 2. The number of hydrogen-bond donors (Lipinski definition) is 3. The van der Waals surface area contributed by atoms with E-state index in [1.54, 1.807) is 6.08 Å². The van der Waals surface area contributed by atoms with Crippen LogP contribution in [-0.4, -0.2) is 47.4 Å². The summed E-state index contributed by atoms with van der Waals surface area (Å²) in [6, 6.07) is -0.641. The lowest BCUT2D eigenvalue weighted by Crippen LogP contribution is -2.45. The van der Waals surface area contributed by atoms with Crippen LogP contribution < -0.4 is 5.32 Å². The van der Waals surface area contributed by atoms with Crippen LogP contribution in [0.4, 0.5) is 0 Å². The Labute approximate surface area is 397 Å². The van der Waals surface area contributed by atoms with Crippen molar-refractivity contribution in [1.82, 2.24) is 5.32 Å². The molecule has 0 saturated heterocycles. The van der Waals surface area contributed by atoms with Gasteiger partial charge in [0, 0.05) is 12.8 Å². The molecule has 0 rings (SSSR count). The summed E-state index contributed by atoms with van der Waals surface area (Å²) < 4.78 is 5.46. The molecule has 0 heterocycles. The maximum Gasteiger partial charge on any atom is 0.305 e. The molecule has 0 bridgehead atoms. The molecule has 0 fully saturated rings. The highest BCUT2D eigenvalue weighted by molar-refractivity contribution is 5.76. The van der Waals surface area contributed by atoms with E-state index in [1.165, 1.54) is 186 Å². The number of hydrogen-bond acceptors (Lipinski definition) is 5. The molecule has 0 aromatic heterocycles. The van der Waals surface area contributed by atoms with Gasteiger partial charge in [-0.1, -0.05) is 229 Å². The number of rotatable bonds is 51. The second-order valence-corrected chi connectivity index (χ2v) is 18.9. The van der Waals surface area contributed by atoms with Crippen LogP contribution in [-0.2, 0) is 14.3 Å². The normalized spacial score (nSPS) is 13.0. The van der Waals surface area contributed by atoms with Crippen molar-refractivity contribution >= 4 is 11.9 Å². The van der Waals surface area contributed by atoms with Crippen LogP contribution in [0, 0.1) is 0 Å². The second-order valence-electron chi connectivity index (χ2n) is 18.9. The van der Waals surface area contributed by atoms with Crippen LogP contribution in [0.2, 0.25) is 0 Å². The maximum absolute atomic E-state index is 12.4. The summed E-state index contributed by atoms with van der Waals surface area (Å²) in [4.78, 5) is 24.5. The Kier molecular flexibility index (Phi) is 51.6. The molecule has 0 spiro atoms. The largest absolute Gasteiger partial charge is 0.466 e. The molecule has 64 heavy (non-hydrogen) atoms. The van der Waals surface area contributed by atoms with Crippen LogP contribution in [0.25, 0.3) is 0 Å². The van der Waals surface area contributed by atoms with E-state index >= 15 is 0 Å². The zero-order valence-corrected chi connectivity index (χ0v) is 42.5. The summed E-state index contributed by atoms with van der Waals surface area (Å²) in [7, 11) is 0. The number of esters is 1. The average molecular weight is 898 g/mol. The van der Waals surface area contributed by atoms with E-state index in [2.05, 4.69) is 55.6 Å². The van der Waals surface area contributed by atoms with E-state index in [9.17, 15) is 19.8 Å². The lowest BCUT2D eigenvalue weighted by Gasteiger charge is -2.20. The smallest absolute Gasteiger partial charge is 0.305 e. The number of aliphatic hydroxyl groups is 2. The van der Waals surface area contributed by atoms with Gasteiger partial charge >= 0.3 is 5.97 Å². The summed E-state index contributed by atoms with van der Waals surface area (Å²) in [5.41, 5.74) is 0. The molecule has 2 unspecified atom stereocenters. The van der Waals surface area contributed by atoms with E-state index in [0.717, 1.165) is 70.6 Å². The van der Waals surface area contributed by atoms with Gasteiger partial charge in [0.05, 0.1) is 25.4 Å². The summed E-state index contributed by atoms with van der Waals surface area (Å²) in [5, 5.41) is 23.1. The van der Waals surface area contributed by atoms with Gasteiger partial charge in [-0.15, -0.1) is 0 Å². The third kappa shape index (κ3) is 49.3. The highest BCUT2D eigenvalue weighted by atomic mass is 16.5. The van der Waals surface area contributed by atoms with Crippen LogP contribution in [0.3, 0.4) is 0 Å². The van der Waals surface area contributed by atoms with Gasteiger partial charge in [-0.3, -0.25) is 9.59 Å². The Morgan fingerprint density at radius 3 is 1.23 bits per heavy atom. The fraction of sp³-hybridized carbons (Fsp3) is 0.828. The Hall–Kier alpha value is -2.18. The van der Waals surface area contributed by atoms with E-state index in [1.807, 2.05) is 6.08 Å². The van der Waals surface area contributed by atoms with Crippen LogP contribution in [0.15, 0.2) is 48.6 Å². The molecule has 0 radical (unpaired) electrons. The van der Waals surface area contributed by atoms with Gasteiger partial charge in [0.1, 0.15) is 0 Å². The molecule has 0 aromatic rings. The van der Waals surface area contributed by atoms with Gasteiger partial charge in [0.15, 0.2) is 0 Å². The van der Waals surface area contributed by atoms with Gasteiger partial charge in [0.25, 0.3) is 0 Å². The Morgan fingerprint density at radius 1 is 0.438 bits per heavy atom. The first-order valence-corrected chi connectivity index (χ1v) is 27.9. The molecule has 0 aliphatic carbocycles. The minimum absolute atomic E-state index is 0.0185. The second kappa shape index (κ2) is 53.4. The average Bonchev–Trinajstić information content (AvgIpc) is 3.29. The number of unbranched alkanes of at least 4 members (excludes halogenated alkanes) is 34. The Morgan fingerprint density at radius 2 is 0.781 bits per heavy atom. The van der Waals surface area contributed by atoms with Gasteiger partial charge in [-0.25, -0.2) is 0 Å². The molecule has 374 valence electrons. The van der Waals surface area contributed by atoms with Crippen molar-refractivity contribution in [1.29, 1.82) is 0 Å². The maximum atomic E-state index is 12.4. The summed E-state index contributed by atoms with van der Waals surface area (Å²) in [6.07, 6.45) is 66.9. The Bertz CT molecular complexity index is 1080. The molecule has 6 heteroatoms. The molecule has 0 aliphatic rings. The molecule has 3 N–H and O–H groups in total. The summed E-state index contributed by atoms with van der Waals surface area (Å²) in [6.45, 7) is 4.84. The van der Waals surface area contributed by atoms with E-state index in [-0.39, 0.29) is 18.5 Å². The number of aliphatic hydroxyl groups excluding tert-OH is 2. The van der Waals surface area contributed by atoms with E-state index < -0.39 is 12.1 Å². The lowest BCUT2D eigenvalue weighted by molar-refractivity contribution is -0.143. The van der Waals surface area contributed by atoms with Crippen LogP contribution >= 0.6 is 0 Å². The molecular formula is C58H107NO5. The van der Waals surface area contributed by atoms with Crippen molar-refractivity contribution in [3.63, 3.8) is 0 Å². The Balaban J connectivity index is 3.52. The van der Waals surface area contributed by atoms with Crippen molar-refractivity contribution in [2.45, 2.75) is 296 Å². The molecule has 0 saturated carbocycles. The van der Waals surface area contributed by atoms with Crippen LogP contribution in [0.1, 0.15) is 284 Å². The SMILES string of the molecule is CCCCC/C=C\C/C=C\CCCCCCCC(=O)OCCCCCCCCC/C=C\CCCCCCCC(=O)NC(CO)C(O)/C=C/CCCCCCCCCCCCCCCC. The number of allylic oxidation sites excluding steroid dienone is 7. The zero-order chi connectivity index (χ0) is 46.5. The summed E-state index contributed by atoms with van der Waals surface area (Å²) >= 11 is 0. The highest BCUT2D eigenvalue weighted by Crippen LogP contribution is 2.15. The van der Waals surface area contributed by atoms with Gasteiger partial charge < -0.3 is 20.3 Å². The van der Waals surface area contributed by atoms with Crippen molar-refractivity contribution in [3.05, 3.63) is 48.6 Å². The van der Waals surface area contributed by atoms with Crippen molar-refractivity contribution in [2.75, 3.05) is 13.2 Å². The van der Waals surface area contributed by atoms with Crippen LogP contribution in [0.5, 0.6) is 0 Å². The summed E-state index contributed by atoms with van der Waals surface area (Å²) in [5.74, 6) is -0.104. The fourth-order valence-electron chi connectivity index (χ4n) is 8.25. The first-order valence-electron chi connectivity index (χ1n) is 27.9. The number of ether oxygens (including phenoxy) is 1. The van der Waals surface area contributed by atoms with Gasteiger partial charge in [-0.2, -0.15) is 0 Å². The third-order valence-corrected chi connectivity index (χ3v) is 12.6. The number of amides is 1. The quantitative estimate of drug-likeness (QED) is 0.0321. The van der Waals surface area contributed by atoms with Gasteiger partial charge in [-0.05, 0) is 89.9 Å². The number of carbonyl (C=O) groups is 2. The first kappa shape index (κ1) is 61.8. The molecule has 6 nitrogen and oxygen atoms in total. The fourth-order valence-corrected chi connectivity index (χ4v) is 8.25. The molecule has 2 atom stereocenters. The predicted molar refractivity (Wildman–Crippen MR) is 278 cm³/mol. The van der Waals surface area contributed by atoms with Crippen molar-refractivity contribution < 1.29 is 24.5 Å². The molecule has 0 aliphatic heterocycles. The monoisotopic (exact) mass is 898 g/mol. The zero-order valence-electron chi connectivity index (χ0n) is 42.5. The standard InChI is InChI=1S/C58H107NO5/c1-3-5-7-9-11-13-15-17-19-23-26-30-34-38-42-46-50-56(61)55(54-60)59-57(62)51-47-43-39-35-31-27-24-20-21-25-29-33-37-41-45-49-53-64-58(63)52-48-44-40-36-32-28-22-18-16-14-12-10-8-6-4-2/h12,14,18,20,22,24,46,50,55-56,60-61H,3-11,13,15-17,19,21,23,25-45,47-49,51-54H2,1-2H3,(H,59,62)/b14-12-,22-18-,24-20-,50-46+.